The number of halogens is 3. The van der Waals surface area contributed by atoms with Gasteiger partial charge in [0.1, 0.15) is 29.9 Å². The van der Waals surface area contributed by atoms with Crippen LogP contribution < -0.4 is 5.32 Å². The summed E-state index contributed by atoms with van der Waals surface area (Å²) in [6.07, 6.45) is -0.601. The molecule has 0 aromatic heterocycles. The summed E-state index contributed by atoms with van der Waals surface area (Å²) in [5.74, 6) is -3.22. The van der Waals surface area contributed by atoms with Crippen LogP contribution in [0, 0.1) is 28.9 Å². The van der Waals surface area contributed by atoms with E-state index in [9.17, 15) is 28.4 Å². The SMILES string of the molecule is CN(C)C(=O)OC[C@H](c1ccc(Cl)c(C#N)c1)N1C(=O)[C@](c2cc(F)cc(F)c2)(C2CC2)N=C1NC(=O)OC(C)(C)C. The van der Waals surface area contributed by atoms with Gasteiger partial charge in [0.05, 0.1) is 16.6 Å². The molecule has 3 amide bonds. The minimum Gasteiger partial charge on any atom is -0.447 e. The highest BCUT2D eigenvalue weighted by Crippen LogP contribution is 2.53. The van der Waals surface area contributed by atoms with E-state index in [4.69, 9.17) is 21.1 Å². The number of guanidine groups is 1. The first-order chi connectivity index (χ1) is 19.7. The lowest BCUT2D eigenvalue weighted by molar-refractivity contribution is -0.134. The number of hydrogen-bond acceptors (Lipinski definition) is 7. The molecule has 0 saturated heterocycles. The fourth-order valence-electron chi connectivity index (χ4n) is 4.72. The van der Waals surface area contributed by atoms with Crippen LogP contribution >= 0.6 is 11.6 Å². The summed E-state index contributed by atoms with van der Waals surface area (Å²) in [6, 6.07) is 8.00. The normalized spacial score (nSPS) is 19.1. The minimum atomic E-state index is -1.79. The van der Waals surface area contributed by atoms with E-state index in [1.54, 1.807) is 20.8 Å². The van der Waals surface area contributed by atoms with Crippen molar-refractivity contribution in [3.05, 3.63) is 69.7 Å². The van der Waals surface area contributed by atoms with Crippen LogP contribution in [0.2, 0.25) is 5.02 Å². The zero-order valence-corrected chi connectivity index (χ0v) is 24.5. The van der Waals surface area contributed by atoms with Crippen molar-refractivity contribution >= 4 is 35.7 Å². The Kier molecular flexibility index (Phi) is 8.46. The van der Waals surface area contributed by atoms with Gasteiger partial charge < -0.3 is 14.4 Å². The molecule has 1 saturated carbocycles. The van der Waals surface area contributed by atoms with Crippen molar-refractivity contribution in [3.63, 3.8) is 0 Å². The van der Waals surface area contributed by atoms with Crippen molar-refractivity contribution < 1.29 is 32.6 Å². The average Bonchev–Trinajstić information content (AvgIpc) is 3.69. The summed E-state index contributed by atoms with van der Waals surface area (Å²) in [5, 5.41) is 12.3. The predicted octanol–water partition coefficient (Wildman–Crippen LogP) is 5.26. The van der Waals surface area contributed by atoms with E-state index in [1.165, 1.54) is 37.2 Å². The molecule has 1 aliphatic heterocycles. The number of carbonyl (C=O) groups is 3. The Balaban J connectivity index is 1.90. The van der Waals surface area contributed by atoms with Gasteiger partial charge in [-0.05, 0) is 74.9 Å². The molecule has 0 spiro atoms. The number of ether oxygens (including phenoxy) is 2. The van der Waals surface area contributed by atoms with Gasteiger partial charge in [-0.2, -0.15) is 5.26 Å². The second-order valence-corrected chi connectivity index (χ2v) is 11.7. The van der Waals surface area contributed by atoms with Gasteiger partial charge in [0, 0.05) is 20.2 Å². The summed E-state index contributed by atoms with van der Waals surface area (Å²) < 4.78 is 39.8. The number of rotatable bonds is 6. The number of aliphatic imine (C=N–C) groups is 1. The Morgan fingerprint density at radius 3 is 2.40 bits per heavy atom. The highest BCUT2D eigenvalue weighted by Gasteiger charge is 2.60. The Labute approximate surface area is 246 Å². The number of hydrogen-bond donors (Lipinski definition) is 1. The van der Waals surface area contributed by atoms with Crippen molar-refractivity contribution in [2.24, 2.45) is 10.9 Å². The van der Waals surface area contributed by atoms with E-state index in [0.717, 1.165) is 17.0 Å². The Morgan fingerprint density at radius 2 is 1.86 bits per heavy atom. The van der Waals surface area contributed by atoms with Crippen molar-refractivity contribution in [2.75, 3.05) is 20.7 Å². The predicted molar refractivity (Wildman–Crippen MR) is 148 cm³/mol. The summed E-state index contributed by atoms with van der Waals surface area (Å²) >= 11 is 6.16. The first kappa shape index (κ1) is 30.7. The van der Waals surface area contributed by atoms with Crippen molar-refractivity contribution in [1.82, 2.24) is 15.1 Å². The van der Waals surface area contributed by atoms with E-state index < -0.39 is 59.4 Å². The maximum Gasteiger partial charge on any atom is 0.414 e. The molecule has 1 N–H and O–H groups in total. The zero-order chi connectivity index (χ0) is 31.0. The molecule has 2 atom stereocenters. The van der Waals surface area contributed by atoms with Crippen molar-refractivity contribution in [2.45, 2.75) is 50.8 Å². The van der Waals surface area contributed by atoms with Gasteiger partial charge in [-0.3, -0.25) is 15.0 Å². The first-order valence-electron chi connectivity index (χ1n) is 13.1. The summed E-state index contributed by atoms with van der Waals surface area (Å²) in [7, 11) is 2.95. The molecule has 2 aliphatic rings. The molecular weight excluding hydrogens is 572 g/mol. The number of nitrogens with zero attached hydrogens (tertiary/aromatic N) is 4. The Hall–Kier alpha value is -4.24. The number of nitrogens with one attached hydrogen (secondary N) is 1. The Bertz CT molecular complexity index is 1480. The lowest BCUT2D eigenvalue weighted by Crippen LogP contribution is -2.50. The van der Waals surface area contributed by atoms with Crippen molar-refractivity contribution in [1.29, 1.82) is 5.26 Å². The number of nitriles is 1. The van der Waals surface area contributed by atoms with Crippen LogP contribution in [0.25, 0.3) is 0 Å². The van der Waals surface area contributed by atoms with Gasteiger partial charge in [-0.1, -0.05) is 17.7 Å². The molecule has 1 aliphatic carbocycles. The molecule has 4 rings (SSSR count). The van der Waals surface area contributed by atoms with Crippen LogP contribution in [-0.2, 0) is 19.8 Å². The first-order valence-corrected chi connectivity index (χ1v) is 13.5. The fraction of sp³-hybridized carbons (Fsp3) is 0.414. The highest BCUT2D eigenvalue weighted by molar-refractivity contribution is 6.31. The van der Waals surface area contributed by atoms with Gasteiger partial charge in [0.2, 0.25) is 5.96 Å². The molecule has 0 unspecified atom stereocenters. The van der Waals surface area contributed by atoms with E-state index in [2.05, 4.69) is 10.3 Å². The molecule has 2 aromatic rings. The summed E-state index contributed by atoms with van der Waals surface area (Å²) in [5.41, 5.74) is -2.32. The fourth-order valence-corrected chi connectivity index (χ4v) is 4.88. The second kappa shape index (κ2) is 11.6. The third kappa shape index (κ3) is 6.31. The molecule has 13 heteroatoms. The van der Waals surface area contributed by atoms with Gasteiger partial charge in [0.15, 0.2) is 5.54 Å². The second-order valence-electron chi connectivity index (χ2n) is 11.3. The number of benzene rings is 2. The zero-order valence-electron chi connectivity index (χ0n) is 23.7. The quantitative estimate of drug-likeness (QED) is 0.482. The molecule has 42 heavy (non-hydrogen) atoms. The lowest BCUT2D eigenvalue weighted by Gasteiger charge is -2.32. The van der Waals surface area contributed by atoms with Crippen LogP contribution in [0.3, 0.4) is 0 Å². The molecule has 0 radical (unpaired) electrons. The monoisotopic (exact) mass is 601 g/mol. The van der Waals surface area contributed by atoms with Gasteiger partial charge >= 0.3 is 12.2 Å². The van der Waals surface area contributed by atoms with Crippen LogP contribution in [0.15, 0.2) is 41.4 Å². The number of amides is 3. The maximum atomic E-state index is 14.6. The Morgan fingerprint density at radius 1 is 1.21 bits per heavy atom. The van der Waals surface area contributed by atoms with E-state index in [0.29, 0.717) is 24.5 Å². The molecule has 1 fully saturated rings. The van der Waals surface area contributed by atoms with Crippen molar-refractivity contribution in [3.8, 4) is 6.07 Å². The number of carbonyl (C=O) groups excluding carboxylic acids is 3. The minimum absolute atomic E-state index is 0.0312. The van der Waals surface area contributed by atoms with Crippen LogP contribution in [0.1, 0.15) is 56.3 Å². The van der Waals surface area contributed by atoms with Gasteiger partial charge in [-0.15, -0.1) is 0 Å². The molecule has 222 valence electrons. The van der Waals surface area contributed by atoms with Gasteiger partial charge in [-0.25, -0.2) is 23.4 Å². The topological polar surface area (TPSA) is 124 Å². The third-order valence-electron chi connectivity index (χ3n) is 6.68. The maximum absolute atomic E-state index is 14.6. The largest absolute Gasteiger partial charge is 0.447 e. The number of alkyl carbamates (subject to hydrolysis) is 1. The smallest absolute Gasteiger partial charge is 0.414 e. The average molecular weight is 602 g/mol. The van der Waals surface area contributed by atoms with E-state index >= 15 is 0 Å². The molecule has 2 aromatic carbocycles. The third-order valence-corrected chi connectivity index (χ3v) is 7.01. The molecule has 1 heterocycles. The van der Waals surface area contributed by atoms with E-state index in [1.807, 2.05) is 6.07 Å². The standard InChI is InChI=1S/C29H30ClF2N5O5/c1-28(2,3)42-26(39)34-25-35-29(18-7-8-18,19-11-20(31)13-21(32)12-19)24(38)37(25)23(15-41-27(40)36(4)5)16-6-9-22(30)17(10-16)14-33/h6,9-13,18,23H,7-8,15H2,1-5H3,(H,34,35,39)/t23-,29-/m1/s1. The highest BCUT2D eigenvalue weighted by atomic mass is 35.5. The summed E-state index contributed by atoms with van der Waals surface area (Å²) in [6.45, 7) is 4.52. The van der Waals surface area contributed by atoms with Crippen LogP contribution in [-0.4, -0.2) is 60.2 Å². The van der Waals surface area contributed by atoms with Crippen LogP contribution in [0.4, 0.5) is 18.4 Å². The molecular formula is C29H30ClF2N5O5. The van der Waals surface area contributed by atoms with Crippen LogP contribution in [0.5, 0.6) is 0 Å². The van der Waals surface area contributed by atoms with E-state index in [-0.39, 0.29) is 22.1 Å². The van der Waals surface area contributed by atoms with Gasteiger partial charge in [0.25, 0.3) is 5.91 Å². The molecule has 10 nitrogen and oxygen atoms in total. The molecule has 0 bridgehead atoms. The summed E-state index contributed by atoms with van der Waals surface area (Å²) in [4.78, 5) is 46.9. The lowest BCUT2D eigenvalue weighted by atomic mass is 9.84.